The first-order valence-electron chi connectivity index (χ1n) is 15.4. The summed E-state index contributed by atoms with van der Waals surface area (Å²) in [5.74, 6) is 0.901. The molecule has 45 heavy (non-hydrogen) atoms. The molecule has 0 unspecified atom stereocenters. The molecule has 12 heteroatoms. The van der Waals surface area contributed by atoms with Crippen LogP contribution in [0.15, 0.2) is 53.3 Å². The van der Waals surface area contributed by atoms with Crippen molar-refractivity contribution >= 4 is 34.4 Å². The highest BCUT2D eigenvalue weighted by Gasteiger charge is 2.26. The van der Waals surface area contributed by atoms with Gasteiger partial charge in [0.05, 0.1) is 35.8 Å². The lowest BCUT2D eigenvalue weighted by atomic mass is 10.1. The van der Waals surface area contributed by atoms with Gasteiger partial charge in [0.1, 0.15) is 23.1 Å². The number of carbonyl (C=O) groups excluding carboxylic acids is 1. The van der Waals surface area contributed by atoms with E-state index in [1.165, 1.54) is 16.8 Å². The zero-order valence-corrected chi connectivity index (χ0v) is 26.6. The van der Waals surface area contributed by atoms with Crippen LogP contribution in [-0.4, -0.2) is 74.7 Å². The van der Waals surface area contributed by atoms with Crippen LogP contribution in [0, 0.1) is 5.82 Å². The molecule has 2 aromatic heterocycles. The third kappa shape index (κ3) is 7.37. The van der Waals surface area contributed by atoms with E-state index in [0.717, 1.165) is 61.9 Å². The van der Waals surface area contributed by atoms with Crippen molar-refractivity contribution in [3.05, 3.63) is 86.7 Å². The van der Waals surface area contributed by atoms with E-state index in [1.807, 2.05) is 32.9 Å². The fourth-order valence-electron chi connectivity index (χ4n) is 5.65. The Morgan fingerprint density at radius 1 is 1.09 bits per heavy atom. The number of nitrogens with zero attached hydrogens (tertiary/aromatic N) is 6. The predicted molar refractivity (Wildman–Crippen MR) is 170 cm³/mol. The number of anilines is 1. The molecule has 6 rings (SSSR count). The maximum Gasteiger partial charge on any atom is 0.338 e. The molecule has 2 aliphatic heterocycles. The highest BCUT2D eigenvalue weighted by atomic mass is 35.5. The van der Waals surface area contributed by atoms with E-state index in [-0.39, 0.29) is 30.0 Å². The molecule has 2 aromatic carbocycles. The summed E-state index contributed by atoms with van der Waals surface area (Å²) in [6.07, 6.45) is 1.45. The van der Waals surface area contributed by atoms with Gasteiger partial charge in [-0.1, -0.05) is 17.7 Å². The number of halogens is 2. The van der Waals surface area contributed by atoms with Gasteiger partial charge in [-0.05, 0) is 75.6 Å². The van der Waals surface area contributed by atoms with Crippen LogP contribution < -0.4 is 10.5 Å². The molecule has 0 saturated carbocycles. The van der Waals surface area contributed by atoms with Crippen molar-refractivity contribution < 1.29 is 18.7 Å². The van der Waals surface area contributed by atoms with E-state index in [4.69, 9.17) is 26.1 Å². The average molecular weight is 637 g/mol. The number of carbonyl (C=O) groups is 1. The Kier molecular flexibility index (Phi) is 8.94. The van der Waals surface area contributed by atoms with Crippen LogP contribution in [0.2, 0.25) is 5.02 Å². The summed E-state index contributed by atoms with van der Waals surface area (Å²) < 4.78 is 29.2. The van der Waals surface area contributed by atoms with E-state index in [2.05, 4.69) is 19.5 Å². The van der Waals surface area contributed by atoms with Crippen molar-refractivity contribution in [2.75, 3.05) is 37.7 Å². The molecule has 0 radical (unpaired) electrons. The van der Waals surface area contributed by atoms with Gasteiger partial charge in [-0.3, -0.25) is 9.69 Å². The van der Waals surface area contributed by atoms with Gasteiger partial charge in [0.25, 0.3) is 5.56 Å². The topological polar surface area (TPSA) is 94.7 Å². The molecule has 2 fully saturated rings. The molecular formula is C33H38ClFN6O4. The number of aryl methyl sites for hydroxylation is 2. The predicted octanol–water partition coefficient (Wildman–Crippen LogP) is 4.69. The smallest absolute Gasteiger partial charge is 0.338 e. The maximum absolute atomic E-state index is 14.3. The van der Waals surface area contributed by atoms with E-state index in [1.54, 1.807) is 24.3 Å². The number of imidazole rings is 1. The number of rotatable bonds is 9. The molecule has 2 saturated heterocycles. The Bertz CT molecular complexity index is 1750. The minimum atomic E-state index is -0.580. The van der Waals surface area contributed by atoms with Crippen LogP contribution in [0.1, 0.15) is 48.9 Å². The minimum Gasteiger partial charge on any atom is -0.456 e. The summed E-state index contributed by atoms with van der Waals surface area (Å²) in [4.78, 5) is 34.8. The van der Waals surface area contributed by atoms with Gasteiger partial charge in [-0.2, -0.15) is 5.10 Å². The lowest BCUT2D eigenvalue weighted by Crippen LogP contribution is -2.47. The molecule has 2 aliphatic rings. The SMILES string of the molecule is CC(C)(C)OC(=O)c1ccc2nc(CN3CCN(c4ccc(=O)n(CCc5ccc(Cl)cc5F)n4)CC3)n(C[C@@H]3CCO3)c2c1. The van der Waals surface area contributed by atoms with Crippen LogP contribution in [0.3, 0.4) is 0 Å². The Hall–Kier alpha value is -3.80. The zero-order chi connectivity index (χ0) is 31.7. The van der Waals surface area contributed by atoms with Gasteiger partial charge < -0.3 is 18.9 Å². The Morgan fingerprint density at radius 2 is 1.87 bits per heavy atom. The normalized spacial score (nSPS) is 17.4. The molecule has 1 atom stereocenters. The largest absolute Gasteiger partial charge is 0.456 e. The summed E-state index contributed by atoms with van der Waals surface area (Å²) in [6.45, 7) is 10.9. The summed E-state index contributed by atoms with van der Waals surface area (Å²) in [5, 5.41) is 4.94. The lowest BCUT2D eigenvalue weighted by molar-refractivity contribution is -0.0592. The fraction of sp³-hybridized carbons (Fsp3) is 0.455. The standard InChI is InChI=1S/C33H38ClFN6O4/c1-33(2,3)45-32(43)23-5-7-27-28(18-23)40(20-25-11-17-44-25)30(36-27)21-38-13-15-39(16-14-38)29-8-9-31(42)41(37-29)12-10-22-4-6-24(34)19-26(22)35/h4-9,18-19,25H,10-17,20-21H2,1-3H3/t25-/m0/s1. The van der Waals surface area contributed by atoms with Crippen LogP contribution in [0.25, 0.3) is 11.0 Å². The Morgan fingerprint density at radius 3 is 2.56 bits per heavy atom. The number of hydrogen-bond acceptors (Lipinski definition) is 8. The van der Waals surface area contributed by atoms with Gasteiger partial charge in [-0.15, -0.1) is 0 Å². The molecule has 0 amide bonds. The van der Waals surface area contributed by atoms with Gasteiger partial charge >= 0.3 is 5.97 Å². The molecule has 0 bridgehead atoms. The first-order chi connectivity index (χ1) is 21.5. The minimum absolute atomic E-state index is 0.126. The van der Waals surface area contributed by atoms with Crippen LogP contribution >= 0.6 is 11.6 Å². The van der Waals surface area contributed by atoms with Gasteiger partial charge in [0.2, 0.25) is 0 Å². The van der Waals surface area contributed by atoms with Crippen LogP contribution in [0.5, 0.6) is 0 Å². The first kappa shape index (κ1) is 31.2. The van der Waals surface area contributed by atoms with Gasteiger partial charge in [0, 0.05) is 50.4 Å². The highest BCUT2D eigenvalue weighted by molar-refractivity contribution is 6.30. The zero-order valence-electron chi connectivity index (χ0n) is 25.8. The second-order valence-corrected chi connectivity index (χ2v) is 13.1. The first-order valence-corrected chi connectivity index (χ1v) is 15.7. The van der Waals surface area contributed by atoms with Crippen molar-refractivity contribution in [2.24, 2.45) is 0 Å². The van der Waals surface area contributed by atoms with E-state index < -0.39 is 5.60 Å². The molecule has 10 nitrogen and oxygen atoms in total. The van der Waals surface area contributed by atoms with E-state index in [9.17, 15) is 14.0 Å². The Balaban J connectivity index is 1.13. The van der Waals surface area contributed by atoms with Crippen molar-refractivity contribution in [3.8, 4) is 0 Å². The number of ether oxygens (including phenoxy) is 2. The average Bonchev–Trinajstić information content (AvgIpc) is 3.30. The Labute approximate surface area is 266 Å². The number of hydrogen-bond donors (Lipinski definition) is 0. The third-order valence-electron chi connectivity index (χ3n) is 8.16. The monoisotopic (exact) mass is 636 g/mol. The second kappa shape index (κ2) is 12.9. The van der Waals surface area contributed by atoms with Crippen LogP contribution in [0.4, 0.5) is 10.2 Å². The van der Waals surface area contributed by atoms with Crippen molar-refractivity contribution in [3.63, 3.8) is 0 Å². The maximum atomic E-state index is 14.3. The van der Waals surface area contributed by atoms with Gasteiger partial charge in [0.15, 0.2) is 0 Å². The molecule has 0 N–H and O–H groups in total. The number of piperazine rings is 1. The number of fused-ring (bicyclic) bond motifs is 1. The summed E-state index contributed by atoms with van der Waals surface area (Å²) in [5.41, 5.74) is 1.91. The van der Waals surface area contributed by atoms with Crippen molar-refractivity contribution in [1.82, 2.24) is 24.2 Å². The molecular weight excluding hydrogens is 599 g/mol. The van der Waals surface area contributed by atoms with Crippen LogP contribution in [-0.2, 0) is 35.5 Å². The molecule has 4 heterocycles. The molecule has 4 aromatic rings. The summed E-state index contributed by atoms with van der Waals surface area (Å²) in [7, 11) is 0. The molecule has 238 valence electrons. The second-order valence-electron chi connectivity index (χ2n) is 12.6. The highest BCUT2D eigenvalue weighted by Crippen LogP contribution is 2.25. The fourth-order valence-corrected chi connectivity index (χ4v) is 5.80. The summed E-state index contributed by atoms with van der Waals surface area (Å²) >= 11 is 5.87. The lowest BCUT2D eigenvalue weighted by Gasteiger charge is -2.35. The quantitative estimate of drug-likeness (QED) is 0.244. The third-order valence-corrected chi connectivity index (χ3v) is 8.40. The van der Waals surface area contributed by atoms with Crippen molar-refractivity contribution in [1.29, 1.82) is 0 Å². The van der Waals surface area contributed by atoms with E-state index >= 15 is 0 Å². The number of benzene rings is 2. The number of esters is 1. The van der Waals surface area contributed by atoms with Crippen molar-refractivity contribution in [2.45, 2.75) is 65.0 Å². The number of aromatic nitrogens is 4. The molecule has 0 spiro atoms. The van der Waals surface area contributed by atoms with E-state index in [0.29, 0.717) is 35.7 Å². The molecule has 0 aliphatic carbocycles. The summed E-state index contributed by atoms with van der Waals surface area (Å²) in [6, 6.07) is 13.4. The van der Waals surface area contributed by atoms with Gasteiger partial charge in [-0.25, -0.2) is 18.9 Å².